The number of benzene rings is 1. The van der Waals surface area contributed by atoms with E-state index in [1.165, 1.54) is 11.1 Å². The Kier molecular flexibility index (Phi) is 11.8. The average molecular weight is 514 g/mol. The summed E-state index contributed by atoms with van der Waals surface area (Å²) in [6, 6.07) is 8.69. The second-order valence-corrected chi connectivity index (χ2v) is 7.06. The number of halogens is 1. The molecular formula is C21H35IN6O. The van der Waals surface area contributed by atoms with Crippen LogP contribution in [0.3, 0.4) is 0 Å². The largest absolute Gasteiger partial charge is 0.382 e. The van der Waals surface area contributed by atoms with Gasteiger partial charge in [-0.15, -0.1) is 34.2 Å². The van der Waals surface area contributed by atoms with Gasteiger partial charge in [0.25, 0.3) is 0 Å². The van der Waals surface area contributed by atoms with Gasteiger partial charge in [-0.3, -0.25) is 0 Å². The molecule has 0 saturated carbocycles. The summed E-state index contributed by atoms with van der Waals surface area (Å²) in [7, 11) is 1.96. The number of aliphatic imine (C=N–C) groups is 1. The van der Waals surface area contributed by atoms with Crippen LogP contribution >= 0.6 is 24.0 Å². The predicted octanol–water partition coefficient (Wildman–Crippen LogP) is 3.32. The lowest BCUT2D eigenvalue weighted by Gasteiger charge is -2.17. The van der Waals surface area contributed by atoms with Crippen molar-refractivity contribution in [3.05, 3.63) is 47.0 Å². The first-order valence-electron chi connectivity index (χ1n) is 10.0. The highest BCUT2D eigenvalue weighted by atomic mass is 127. The maximum absolute atomic E-state index is 5.41. The van der Waals surface area contributed by atoms with Gasteiger partial charge >= 0.3 is 0 Å². The van der Waals surface area contributed by atoms with E-state index in [-0.39, 0.29) is 24.0 Å². The van der Waals surface area contributed by atoms with Crippen molar-refractivity contribution in [3.63, 3.8) is 0 Å². The number of aromatic nitrogens is 3. The third-order valence-electron chi connectivity index (χ3n) is 4.75. The Balaban J connectivity index is 0.00000420. The van der Waals surface area contributed by atoms with E-state index in [0.717, 1.165) is 50.3 Å². The summed E-state index contributed by atoms with van der Waals surface area (Å²) in [6.07, 6.45) is 0.936. The molecule has 2 rings (SSSR count). The average Bonchev–Trinajstić information content (AvgIpc) is 3.01. The lowest BCUT2D eigenvalue weighted by molar-refractivity contribution is 0.145. The highest BCUT2D eigenvalue weighted by Gasteiger charge is 2.08. The summed E-state index contributed by atoms with van der Waals surface area (Å²) >= 11 is 0. The lowest BCUT2D eigenvalue weighted by atomic mass is 10.0. The number of hydrogen-bond donors (Lipinski definition) is 2. The number of rotatable bonds is 10. The molecule has 2 N–H and O–H groups in total. The van der Waals surface area contributed by atoms with Crippen LogP contribution in [-0.2, 0) is 18.3 Å². The maximum atomic E-state index is 5.41. The Morgan fingerprint density at radius 1 is 1.17 bits per heavy atom. The highest BCUT2D eigenvalue weighted by molar-refractivity contribution is 14.0. The van der Waals surface area contributed by atoms with Gasteiger partial charge < -0.3 is 19.9 Å². The summed E-state index contributed by atoms with van der Waals surface area (Å²) in [6.45, 7) is 11.9. The standard InChI is InChI=1S/C21H34N6O.HI/c1-6-28-13-7-12-22-21(24-15-20-26-25-18(4)27(20)5)23-14-17(3)19-10-8-16(2)9-11-19;/h8-11,17H,6-7,12-15H2,1-5H3,(H2,22,23,24);1H. The van der Waals surface area contributed by atoms with E-state index >= 15 is 0 Å². The Bertz CT molecular complexity index is 744. The second-order valence-electron chi connectivity index (χ2n) is 7.06. The van der Waals surface area contributed by atoms with Crippen molar-refractivity contribution in [1.82, 2.24) is 25.4 Å². The number of guanidine groups is 1. The van der Waals surface area contributed by atoms with Crippen molar-refractivity contribution in [3.8, 4) is 0 Å². The van der Waals surface area contributed by atoms with E-state index < -0.39 is 0 Å². The molecule has 0 saturated heterocycles. The van der Waals surface area contributed by atoms with Crippen LogP contribution in [0.25, 0.3) is 0 Å². The molecule has 1 heterocycles. The van der Waals surface area contributed by atoms with Crippen LogP contribution in [0.5, 0.6) is 0 Å². The summed E-state index contributed by atoms with van der Waals surface area (Å²) in [5.74, 6) is 2.90. The predicted molar refractivity (Wildman–Crippen MR) is 129 cm³/mol. The number of aryl methyl sites for hydroxylation is 2. The van der Waals surface area contributed by atoms with E-state index in [9.17, 15) is 0 Å². The van der Waals surface area contributed by atoms with Gasteiger partial charge in [-0.05, 0) is 38.7 Å². The number of nitrogens with one attached hydrogen (secondary N) is 2. The lowest BCUT2D eigenvalue weighted by Crippen LogP contribution is -2.40. The molecule has 8 heteroatoms. The molecule has 7 nitrogen and oxygen atoms in total. The quantitative estimate of drug-likeness (QED) is 0.220. The van der Waals surface area contributed by atoms with Crippen LogP contribution in [0.2, 0.25) is 0 Å². The summed E-state index contributed by atoms with van der Waals surface area (Å²) in [5.41, 5.74) is 2.60. The summed E-state index contributed by atoms with van der Waals surface area (Å²) in [5, 5.41) is 15.1. The molecule has 2 aromatic rings. The van der Waals surface area contributed by atoms with Crippen LogP contribution in [0.4, 0.5) is 0 Å². The van der Waals surface area contributed by atoms with Crippen molar-refractivity contribution in [2.24, 2.45) is 12.0 Å². The van der Waals surface area contributed by atoms with Crippen molar-refractivity contribution >= 4 is 29.9 Å². The van der Waals surface area contributed by atoms with Crippen molar-refractivity contribution < 1.29 is 4.74 Å². The molecule has 0 amide bonds. The molecule has 0 radical (unpaired) electrons. The van der Waals surface area contributed by atoms with Gasteiger partial charge in [0, 0.05) is 33.4 Å². The van der Waals surface area contributed by atoms with Gasteiger partial charge in [0.05, 0.1) is 0 Å². The molecule has 0 bridgehead atoms. The molecule has 1 unspecified atom stereocenters. The first-order chi connectivity index (χ1) is 13.5. The minimum Gasteiger partial charge on any atom is -0.382 e. The fourth-order valence-electron chi connectivity index (χ4n) is 2.70. The molecule has 1 atom stereocenters. The zero-order valence-electron chi connectivity index (χ0n) is 18.2. The SMILES string of the molecule is CCOCCCNC(=NCc1nnc(C)n1C)NCC(C)c1ccc(C)cc1.I. The topological polar surface area (TPSA) is 76.4 Å². The van der Waals surface area contributed by atoms with Gasteiger partial charge in [-0.1, -0.05) is 36.8 Å². The van der Waals surface area contributed by atoms with Crippen LogP contribution in [0.15, 0.2) is 29.3 Å². The Hall–Kier alpha value is -1.68. The van der Waals surface area contributed by atoms with Crippen LogP contribution < -0.4 is 10.6 Å². The molecule has 0 aliphatic carbocycles. The fourth-order valence-corrected chi connectivity index (χ4v) is 2.70. The van der Waals surface area contributed by atoms with Crippen LogP contribution in [0, 0.1) is 13.8 Å². The zero-order chi connectivity index (χ0) is 20.4. The Labute approximate surface area is 191 Å². The molecule has 0 fully saturated rings. The van der Waals surface area contributed by atoms with Crippen molar-refractivity contribution in [1.29, 1.82) is 0 Å². The Morgan fingerprint density at radius 3 is 2.52 bits per heavy atom. The first kappa shape index (κ1) is 25.4. The van der Waals surface area contributed by atoms with E-state index in [1.807, 2.05) is 25.5 Å². The molecule has 0 spiro atoms. The number of hydrogen-bond acceptors (Lipinski definition) is 4. The molecule has 1 aromatic heterocycles. The van der Waals surface area contributed by atoms with Crippen LogP contribution in [-0.4, -0.2) is 47.0 Å². The summed E-state index contributed by atoms with van der Waals surface area (Å²) < 4.78 is 7.37. The van der Waals surface area contributed by atoms with E-state index in [0.29, 0.717) is 12.5 Å². The van der Waals surface area contributed by atoms with E-state index in [4.69, 9.17) is 9.73 Å². The van der Waals surface area contributed by atoms with Gasteiger partial charge in [0.1, 0.15) is 12.4 Å². The van der Waals surface area contributed by atoms with E-state index in [2.05, 4.69) is 58.9 Å². The monoisotopic (exact) mass is 514 g/mol. The smallest absolute Gasteiger partial charge is 0.191 e. The fraction of sp³-hybridized carbons (Fsp3) is 0.571. The second kappa shape index (κ2) is 13.5. The van der Waals surface area contributed by atoms with Crippen molar-refractivity contribution in [2.45, 2.75) is 46.6 Å². The van der Waals surface area contributed by atoms with Gasteiger partial charge in [0.2, 0.25) is 0 Å². The van der Waals surface area contributed by atoms with Gasteiger partial charge in [-0.25, -0.2) is 4.99 Å². The molecule has 162 valence electrons. The molecule has 1 aromatic carbocycles. The Morgan fingerprint density at radius 2 is 1.90 bits per heavy atom. The van der Waals surface area contributed by atoms with Crippen molar-refractivity contribution in [2.75, 3.05) is 26.3 Å². The van der Waals surface area contributed by atoms with Crippen LogP contribution in [0.1, 0.15) is 49.0 Å². The molecule has 29 heavy (non-hydrogen) atoms. The molecule has 0 aliphatic heterocycles. The number of ether oxygens (including phenoxy) is 1. The normalized spacial score (nSPS) is 12.4. The summed E-state index contributed by atoms with van der Waals surface area (Å²) in [4.78, 5) is 4.70. The highest BCUT2D eigenvalue weighted by Crippen LogP contribution is 2.14. The van der Waals surface area contributed by atoms with E-state index in [1.54, 1.807) is 0 Å². The third-order valence-corrected chi connectivity index (χ3v) is 4.75. The number of nitrogens with zero attached hydrogens (tertiary/aromatic N) is 4. The molecular weight excluding hydrogens is 479 g/mol. The maximum Gasteiger partial charge on any atom is 0.191 e. The minimum absolute atomic E-state index is 0. The zero-order valence-corrected chi connectivity index (χ0v) is 20.6. The first-order valence-corrected chi connectivity index (χ1v) is 10.0. The van der Waals surface area contributed by atoms with Gasteiger partial charge in [-0.2, -0.15) is 0 Å². The minimum atomic E-state index is 0. The van der Waals surface area contributed by atoms with Gasteiger partial charge in [0.15, 0.2) is 11.8 Å². The third kappa shape index (κ3) is 8.69. The molecule has 0 aliphatic rings.